The smallest absolute Gasteiger partial charge is 0.259 e. The van der Waals surface area contributed by atoms with Crippen LogP contribution in [0.4, 0.5) is 5.69 Å². The molecular formula is C28H27ClN2O4. The molecule has 2 atom stereocenters. The number of ether oxygens (including phenoxy) is 2. The van der Waals surface area contributed by atoms with Gasteiger partial charge >= 0.3 is 0 Å². The van der Waals surface area contributed by atoms with E-state index in [1.807, 2.05) is 30.3 Å². The zero-order valence-corrected chi connectivity index (χ0v) is 20.6. The van der Waals surface area contributed by atoms with E-state index in [2.05, 4.69) is 20.8 Å². The van der Waals surface area contributed by atoms with Gasteiger partial charge in [0.2, 0.25) is 5.91 Å². The molecule has 2 heterocycles. The molecule has 0 radical (unpaired) electrons. The van der Waals surface area contributed by atoms with Crippen LogP contribution in [0.1, 0.15) is 59.8 Å². The molecule has 7 heteroatoms. The van der Waals surface area contributed by atoms with Gasteiger partial charge in [0.1, 0.15) is 13.2 Å². The third kappa shape index (κ3) is 4.02. The molecule has 0 bridgehead atoms. The van der Waals surface area contributed by atoms with Crippen LogP contribution in [0.2, 0.25) is 5.02 Å². The third-order valence-corrected chi connectivity index (χ3v) is 6.90. The minimum atomic E-state index is -0.771. The predicted molar refractivity (Wildman–Crippen MR) is 136 cm³/mol. The normalized spacial score (nSPS) is 19.3. The first-order valence-electron chi connectivity index (χ1n) is 11.6. The van der Waals surface area contributed by atoms with Crippen molar-refractivity contribution < 1.29 is 19.1 Å². The highest BCUT2D eigenvalue weighted by atomic mass is 35.5. The maximum atomic E-state index is 13.9. The summed E-state index contributed by atoms with van der Waals surface area (Å²) in [5.41, 5.74) is 9.15. The first kappa shape index (κ1) is 23.2. The van der Waals surface area contributed by atoms with E-state index >= 15 is 0 Å². The average Bonchev–Trinajstić information content (AvgIpc) is 2.82. The number of carbonyl (C=O) groups is 2. The number of benzene rings is 3. The number of rotatable bonds is 3. The van der Waals surface area contributed by atoms with E-state index in [0.717, 1.165) is 11.1 Å². The van der Waals surface area contributed by atoms with Crippen molar-refractivity contribution in [1.82, 2.24) is 0 Å². The van der Waals surface area contributed by atoms with E-state index in [-0.39, 0.29) is 11.3 Å². The van der Waals surface area contributed by atoms with Crippen molar-refractivity contribution in [3.8, 4) is 11.5 Å². The maximum absolute atomic E-state index is 13.9. The molecule has 2 N–H and O–H groups in total. The number of anilines is 1. The Morgan fingerprint density at radius 3 is 2.40 bits per heavy atom. The lowest BCUT2D eigenvalue weighted by atomic mass is 9.78. The fraction of sp³-hybridized carbons (Fsp3) is 0.286. The Kier molecular flexibility index (Phi) is 5.72. The number of halogens is 1. The molecule has 0 unspecified atom stereocenters. The number of carbonyl (C=O) groups excluding carboxylic acids is 2. The second-order valence-corrected chi connectivity index (χ2v) is 10.3. The molecule has 5 rings (SSSR count). The molecule has 0 saturated carbocycles. The van der Waals surface area contributed by atoms with Gasteiger partial charge in [0.05, 0.1) is 12.0 Å². The molecule has 2 amide bonds. The summed E-state index contributed by atoms with van der Waals surface area (Å²) in [7, 11) is 0. The Bertz CT molecular complexity index is 1330. The molecule has 0 spiro atoms. The quantitative estimate of drug-likeness (QED) is 0.534. The lowest BCUT2D eigenvalue weighted by Gasteiger charge is -2.41. The van der Waals surface area contributed by atoms with Crippen LogP contribution < -0.4 is 20.1 Å². The topological polar surface area (TPSA) is 81.9 Å². The number of amides is 2. The maximum Gasteiger partial charge on any atom is 0.259 e. The van der Waals surface area contributed by atoms with E-state index in [1.165, 1.54) is 0 Å². The predicted octanol–water partition coefficient (Wildman–Crippen LogP) is 5.38. The number of nitrogens with two attached hydrogens (primary N) is 1. The van der Waals surface area contributed by atoms with Gasteiger partial charge in [-0.1, -0.05) is 62.7 Å². The van der Waals surface area contributed by atoms with Crippen molar-refractivity contribution in [2.45, 2.75) is 38.1 Å². The molecule has 3 aromatic rings. The Hall–Kier alpha value is -3.51. The fourth-order valence-electron chi connectivity index (χ4n) is 4.97. The summed E-state index contributed by atoms with van der Waals surface area (Å²) in [5.74, 6) is -0.316. The van der Waals surface area contributed by atoms with Crippen molar-refractivity contribution in [2.24, 2.45) is 5.73 Å². The summed E-state index contributed by atoms with van der Waals surface area (Å²) in [5, 5.41) is 0.554. The second kappa shape index (κ2) is 8.61. The molecule has 0 fully saturated rings. The molecule has 2 aliphatic heterocycles. The number of fused-ring (bicyclic) bond motifs is 2. The van der Waals surface area contributed by atoms with Crippen molar-refractivity contribution in [1.29, 1.82) is 0 Å². The number of hydrogen-bond donors (Lipinski definition) is 1. The van der Waals surface area contributed by atoms with Crippen LogP contribution in [-0.2, 0) is 10.2 Å². The van der Waals surface area contributed by atoms with Crippen LogP contribution in [0.25, 0.3) is 0 Å². The second-order valence-electron chi connectivity index (χ2n) is 9.90. The summed E-state index contributed by atoms with van der Waals surface area (Å²) in [4.78, 5) is 28.5. The monoisotopic (exact) mass is 490 g/mol. The summed E-state index contributed by atoms with van der Waals surface area (Å²) in [6.07, 6.45) is 0. The first-order valence-corrected chi connectivity index (χ1v) is 12.0. The van der Waals surface area contributed by atoms with Crippen LogP contribution in [0, 0.1) is 0 Å². The van der Waals surface area contributed by atoms with E-state index in [0.29, 0.717) is 46.5 Å². The van der Waals surface area contributed by atoms with Gasteiger partial charge in [-0.25, -0.2) is 0 Å². The molecule has 0 aromatic heterocycles. The molecule has 0 aliphatic carbocycles. The lowest BCUT2D eigenvalue weighted by molar-refractivity contribution is -0.120. The zero-order valence-electron chi connectivity index (χ0n) is 19.9. The van der Waals surface area contributed by atoms with Gasteiger partial charge in [-0.15, -0.1) is 0 Å². The van der Waals surface area contributed by atoms with Gasteiger partial charge in [0.25, 0.3) is 5.91 Å². The van der Waals surface area contributed by atoms with E-state index in [9.17, 15) is 9.59 Å². The van der Waals surface area contributed by atoms with Crippen molar-refractivity contribution >= 4 is 29.1 Å². The summed E-state index contributed by atoms with van der Waals surface area (Å²) in [6, 6.07) is 17.5. The van der Waals surface area contributed by atoms with Gasteiger partial charge in [-0.2, -0.15) is 0 Å². The minimum absolute atomic E-state index is 0.168. The number of hydrogen-bond acceptors (Lipinski definition) is 4. The Balaban J connectivity index is 1.72. The fourth-order valence-corrected chi connectivity index (χ4v) is 5.43. The summed E-state index contributed by atoms with van der Waals surface area (Å²) < 4.78 is 11.5. The Morgan fingerprint density at radius 1 is 1.00 bits per heavy atom. The van der Waals surface area contributed by atoms with Gasteiger partial charge in [-0.05, 0) is 52.4 Å². The molecular weight excluding hydrogens is 464 g/mol. The van der Waals surface area contributed by atoms with E-state index in [1.54, 1.807) is 35.2 Å². The zero-order chi connectivity index (χ0) is 24.9. The number of primary amides is 1. The first-order chi connectivity index (χ1) is 16.7. The minimum Gasteiger partial charge on any atom is -0.486 e. The standard InChI is InChI=1S/C28H27ClN2O4/c1-28(2,3)20-10-9-17(15-21(20)29)31-25(16-8-11-22-23(14-16)35-13-12-34-22)24(26(30)32)18-6-4-5-7-19(18)27(31)33/h4-11,14-15,24-25H,12-13H2,1-3H3,(H2,30,32)/t24-,25+/m0/s1. The van der Waals surface area contributed by atoms with Crippen LogP contribution >= 0.6 is 11.6 Å². The highest BCUT2D eigenvalue weighted by Crippen LogP contribution is 2.47. The highest BCUT2D eigenvalue weighted by molar-refractivity contribution is 6.32. The van der Waals surface area contributed by atoms with Crippen molar-refractivity contribution in [2.75, 3.05) is 18.1 Å². The molecule has 6 nitrogen and oxygen atoms in total. The van der Waals surface area contributed by atoms with Crippen LogP contribution in [0.5, 0.6) is 11.5 Å². The summed E-state index contributed by atoms with van der Waals surface area (Å²) in [6.45, 7) is 7.14. The third-order valence-electron chi connectivity index (χ3n) is 6.59. The molecule has 3 aromatic carbocycles. The SMILES string of the molecule is CC(C)(C)c1ccc(N2C(=O)c3ccccc3[C@H](C(N)=O)[C@H]2c2ccc3c(c2)OCCO3)cc1Cl. The summed E-state index contributed by atoms with van der Waals surface area (Å²) >= 11 is 6.70. The van der Waals surface area contributed by atoms with Gasteiger partial charge in [0.15, 0.2) is 11.5 Å². The Morgan fingerprint density at radius 2 is 1.71 bits per heavy atom. The molecule has 0 saturated heterocycles. The van der Waals surface area contributed by atoms with Gasteiger partial charge in [-0.3, -0.25) is 14.5 Å². The molecule has 35 heavy (non-hydrogen) atoms. The number of nitrogens with zero attached hydrogens (tertiary/aromatic N) is 1. The largest absolute Gasteiger partial charge is 0.486 e. The van der Waals surface area contributed by atoms with Crippen molar-refractivity contribution in [3.05, 3.63) is 87.9 Å². The Labute approximate surface area is 209 Å². The lowest BCUT2D eigenvalue weighted by Crippen LogP contribution is -2.46. The van der Waals surface area contributed by atoms with Crippen LogP contribution in [-0.4, -0.2) is 25.0 Å². The highest BCUT2D eigenvalue weighted by Gasteiger charge is 2.44. The molecule has 2 aliphatic rings. The van der Waals surface area contributed by atoms with Gasteiger partial charge in [0, 0.05) is 16.3 Å². The van der Waals surface area contributed by atoms with E-state index < -0.39 is 17.9 Å². The van der Waals surface area contributed by atoms with Crippen LogP contribution in [0.3, 0.4) is 0 Å². The van der Waals surface area contributed by atoms with Crippen LogP contribution in [0.15, 0.2) is 60.7 Å². The molecule has 180 valence electrons. The van der Waals surface area contributed by atoms with Crippen molar-refractivity contribution in [3.63, 3.8) is 0 Å². The van der Waals surface area contributed by atoms with Gasteiger partial charge < -0.3 is 15.2 Å². The van der Waals surface area contributed by atoms with E-state index in [4.69, 9.17) is 26.8 Å². The average molecular weight is 491 g/mol.